The number of nitrogens with one attached hydrogen (secondary N) is 2. The van der Waals surface area contributed by atoms with E-state index in [1.165, 1.54) is 6.21 Å². The Morgan fingerprint density at radius 2 is 1.61 bits per heavy atom. The molecule has 0 aliphatic rings. The standard InChI is InChI=1S/C26H27N3O4/c1-3-19-10-13-22(14-11-19)28-25(30)26(31)29-27-17-21-12-15-23(24(16-21)32-4-2)33-18-20-8-6-5-7-9-20/h5-17H,3-4,18H2,1-2H3,(H,28,30)(H,29,31)/b27-17-. The summed E-state index contributed by atoms with van der Waals surface area (Å²) in [6.07, 6.45) is 2.33. The van der Waals surface area contributed by atoms with Crippen molar-refractivity contribution in [2.75, 3.05) is 11.9 Å². The Morgan fingerprint density at radius 1 is 0.848 bits per heavy atom. The van der Waals surface area contributed by atoms with Crippen molar-refractivity contribution < 1.29 is 19.1 Å². The van der Waals surface area contributed by atoms with Gasteiger partial charge >= 0.3 is 11.8 Å². The molecule has 0 saturated carbocycles. The van der Waals surface area contributed by atoms with Gasteiger partial charge in [-0.3, -0.25) is 9.59 Å². The van der Waals surface area contributed by atoms with Crippen molar-refractivity contribution >= 4 is 23.7 Å². The average molecular weight is 446 g/mol. The van der Waals surface area contributed by atoms with Crippen molar-refractivity contribution in [2.24, 2.45) is 5.10 Å². The monoisotopic (exact) mass is 445 g/mol. The molecular formula is C26H27N3O4. The van der Waals surface area contributed by atoms with E-state index in [9.17, 15) is 9.59 Å². The molecule has 33 heavy (non-hydrogen) atoms. The number of hydrazone groups is 1. The second kappa shape index (κ2) is 12.0. The maximum Gasteiger partial charge on any atom is 0.329 e. The van der Waals surface area contributed by atoms with Gasteiger partial charge in [0.2, 0.25) is 0 Å². The third kappa shape index (κ3) is 7.21. The van der Waals surface area contributed by atoms with E-state index in [1.807, 2.05) is 56.3 Å². The van der Waals surface area contributed by atoms with Crippen molar-refractivity contribution in [3.8, 4) is 11.5 Å². The van der Waals surface area contributed by atoms with Crippen molar-refractivity contribution in [1.29, 1.82) is 0 Å². The first-order valence-electron chi connectivity index (χ1n) is 10.8. The summed E-state index contributed by atoms with van der Waals surface area (Å²) in [6.45, 7) is 4.82. The quantitative estimate of drug-likeness (QED) is 0.292. The van der Waals surface area contributed by atoms with Gasteiger partial charge in [0.1, 0.15) is 6.61 Å². The predicted molar refractivity (Wildman–Crippen MR) is 129 cm³/mol. The first kappa shape index (κ1) is 23.5. The number of benzene rings is 3. The third-order valence-corrected chi connectivity index (χ3v) is 4.71. The topological polar surface area (TPSA) is 89.0 Å². The highest BCUT2D eigenvalue weighted by Gasteiger charge is 2.13. The zero-order valence-corrected chi connectivity index (χ0v) is 18.7. The van der Waals surface area contributed by atoms with Gasteiger partial charge in [0, 0.05) is 5.69 Å². The maximum absolute atomic E-state index is 12.0. The van der Waals surface area contributed by atoms with Gasteiger partial charge in [-0.15, -0.1) is 0 Å². The van der Waals surface area contributed by atoms with Crippen LogP contribution in [0.25, 0.3) is 0 Å². The van der Waals surface area contributed by atoms with Crippen LogP contribution in [0.15, 0.2) is 77.9 Å². The van der Waals surface area contributed by atoms with E-state index in [1.54, 1.807) is 30.3 Å². The summed E-state index contributed by atoms with van der Waals surface area (Å²) >= 11 is 0. The van der Waals surface area contributed by atoms with Crippen LogP contribution in [0.1, 0.15) is 30.5 Å². The van der Waals surface area contributed by atoms with Crippen LogP contribution in [-0.2, 0) is 22.6 Å². The van der Waals surface area contributed by atoms with Crippen LogP contribution >= 0.6 is 0 Å². The van der Waals surface area contributed by atoms with E-state index in [-0.39, 0.29) is 0 Å². The molecular weight excluding hydrogens is 418 g/mol. The first-order valence-corrected chi connectivity index (χ1v) is 10.8. The molecule has 0 unspecified atom stereocenters. The first-order chi connectivity index (χ1) is 16.1. The minimum absolute atomic E-state index is 0.417. The number of carbonyl (C=O) groups is 2. The van der Waals surface area contributed by atoms with E-state index in [0.29, 0.717) is 36.0 Å². The van der Waals surface area contributed by atoms with Gasteiger partial charge < -0.3 is 14.8 Å². The molecule has 170 valence electrons. The van der Waals surface area contributed by atoms with Crippen LogP contribution in [0, 0.1) is 0 Å². The van der Waals surface area contributed by atoms with Gasteiger partial charge in [-0.25, -0.2) is 5.43 Å². The predicted octanol–water partition coefficient (Wildman–Crippen LogP) is 4.32. The normalized spacial score (nSPS) is 10.6. The van der Waals surface area contributed by atoms with Crippen LogP contribution in [0.5, 0.6) is 11.5 Å². The van der Waals surface area contributed by atoms with Crippen LogP contribution in [0.3, 0.4) is 0 Å². The Hall–Kier alpha value is -4.13. The number of aryl methyl sites for hydroxylation is 1. The maximum atomic E-state index is 12.0. The fraction of sp³-hybridized carbons (Fsp3) is 0.192. The number of hydrogen-bond donors (Lipinski definition) is 2. The number of nitrogens with zero attached hydrogens (tertiary/aromatic N) is 1. The smallest absolute Gasteiger partial charge is 0.329 e. The van der Waals surface area contributed by atoms with E-state index >= 15 is 0 Å². The zero-order chi connectivity index (χ0) is 23.5. The Balaban J connectivity index is 1.57. The lowest BCUT2D eigenvalue weighted by Crippen LogP contribution is -2.32. The van der Waals surface area contributed by atoms with Crippen LogP contribution in [0.4, 0.5) is 5.69 Å². The third-order valence-electron chi connectivity index (χ3n) is 4.71. The van der Waals surface area contributed by atoms with E-state index in [2.05, 4.69) is 15.8 Å². The summed E-state index contributed by atoms with van der Waals surface area (Å²) < 4.78 is 11.6. The van der Waals surface area contributed by atoms with Gasteiger partial charge in [-0.1, -0.05) is 49.4 Å². The molecule has 7 nitrogen and oxygen atoms in total. The molecule has 3 aromatic carbocycles. The van der Waals surface area contributed by atoms with Gasteiger partial charge in [0.25, 0.3) is 0 Å². The molecule has 3 aromatic rings. The van der Waals surface area contributed by atoms with E-state index in [0.717, 1.165) is 17.5 Å². The molecule has 0 fully saturated rings. The number of anilines is 1. The zero-order valence-electron chi connectivity index (χ0n) is 18.7. The van der Waals surface area contributed by atoms with Gasteiger partial charge in [0.15, 0.2) is 11.5 Å². The molecule has 0 spiro atoms. The Labute approximate surface area is 193 Å². The summed E-state index contributed by atoms with van der Waals surface area (Å²) in [5, 5.41) is 6.42. The number of carbonyl (C=O) groups excluding carboxylic acids is 2. The lowest BCUT2D eigenvalue weighted by molar-refractivity contribution is -0.136. The summed E-state index contributed by atoms with van der Waals surface area (Å²) in [7, 11) is 0. The van der Waals surface area contributed by atoms with Gasteiger partial charge in [-0.2, -0.15) is 5.10 Å². The van der Waals surface area contributed by atoms with Crippen molar-refractivity contribution in [3.05, 3.63) is 89.5 Å². The lowest BCUT2D eigenvalue weighted by atomic mass is 10.1. The highest BCUT2D eigenvalue weighted by Crippen LogP contribution is 2.28. The van der Waals surface area contributed by atoms with Crippen LogP contribution in [-0.4, -0.2) is 24.6 Å². The molecule has 0 aliphatic heterocycles. The summed E-state index contributed by atoms with van der Waals surface area (Å²) in [5.41, 5.74) is 5.65. The number of amides is 2. The minimum atomic E-state index is -0.862. The van der Waals surface area contributed by atoms with Crippen molar-refractivity contribution in [1.82, 2.24) is 5.43 Å². The number of ether oxygens (including phenoxy) is 2. The van der Waals surface area contributed by atoms with Crippen LogP contribution in [0.2, 0.25) is 0 Å². The average Bonchev–Trinajstić information content (AvgIpc) is 2.84. The largest absolute Gasteiger partial charge is 0.490 e. The molecule has 7 heteroatoms. The Kier molecular flexibility index (Phi) is 8.59. The molecule has 0 saturated heterocycles. The highest BCUT2D eigenvalue weighted by atomic mass is 16.5. The van der Waals surface area contributed by atoms with Gasteiger partial charge in [0.05, 0.1) is 12.8 Å². The number of rotatable bonds is 9. The Bertz CT molecular complexity index is 1100. The fourth-order valence-electron chi connectivity index (χ4n) is 2.96. The highest BCUT2D eigenvalue weighted by molar-refractivity contribution is 6.39. The second-order valence-corrected chi connectivity index (χ2v) is 7.12. The number of hydrogen-bond acceptors (Lipinski definition) is 5. The summed E-state index contributed by atoms with van der Waals surface area (Å²) in [6, 6.07) is 22.5. The van der Waals surface area contributed by atoms with Crippen molar-refractivity contribution in [2.45, 2.75) is 26.9 Å². The molecule has 0 aromatic heterocycles. The fourth-order valence-corrected chi connectivity index (χ4v) is 2.96. The molecule has 0 radical (unpaired) electrons. The van der Waals surface area contributed by atoms with Crippen molar-refractivity contribution in [3.63, 3.8) is 0 Å². The van der Waals surface area contributed by atoms with E-state index in [4.69, 9.17) is 9.47 Å². The van der Waals surface area contributed by atoms with Crippen LogP contribution < -0.4 is 20.2 Å². The molecule has 2 N–H and O–H groups in total. The summed E-state index contributed by atoms with van der Waals surface area (Å²) in [5.74, 6) is -0.484. The molecule has 0 bridgehead atoms. The SMILES string of the molecule is CCOc1cc(/C=N\NC(=O)C(=O)Nc2ccc(CC)cc2)ccc1OCc1ccccc1. The second-order valence-electron chi connectivity index (χ2n) is 7.12. The minimum Gasteiger partial charge on any atom is -0.490 e. The molecule has 3 rings (SSSR count). The van der Waals surface area contributed by atoms with E-state index < -0.39 is 11.8 Å². The molecule has 0 heterocycles. The van der Waals surface area contributed by atoms with Gasteiger partial charge in [-0.05, 0) is 60.4 Å². The summed E-state index contributed by atoms with van der Waals surface area (Å²) in [4.78, 5) is 24.1. The molecule has 2 amide bonds. The molecule has 0 aliphatic carbocycles. The lowest BCUT2D eigenvalue weighted by Gasteiger charge is -2.12. The Morgan fingerprint density at radius 3 is 2.30 bits per heavy atom. The molecule has 0 atom stereocenters.